The highest BCUT2D eigenvalue weighted by molar-refractivity contribution is 6.61. The van der Waals surface area contributed by atoms with Crippen LogP contribution >= 0.6 is 0 Å². The molecule has 0 N–H and O–H groups in total. The summed E-state index contributed by atoms with van der Waals surface area (Å²) in [4.78, 5) is 0. The molecule has 5 aromatic rings. The molecule has 0 fully saturated rings. The third-order valence-corrected chi connectivity index (χ3v) is 7.56. The summed E-state index contributed by atoms with van der Waals surface area (Å²) < 4.78 is 266. The fraction of sp³-hybridized carbons (Fsp3) is 0.0370. The van der Waals surface area contributed by atoms with Crippen LogP contribution in [0.3, 0.4) is 0 Å². The van der Waals surface area contributed by atoms with Crippen LogP contribution in [0.15, 0.2) is 0 Å². The molecule has 1 aliphatic carbocycles. The van der Waals surface area contributed by atoms with Gasteiger partial charge in [0.25, 0.3) is 0 Å². The highest BCUT2D eigenvalue weighted by atomic mass is 19.2. The minimum absolute atomic E-state index is 2.20. The van der Waals surface area contributed by atoms with Crippen molar-refractivity contribution in [1.29, 1.82) is 0 Å². The molecular formula is C27HBF18. The summed E-state index contributed by atoms with van der Waals surface area (Å²) in [6, 6.07) is 0. The fourth-order valence-corrected chi connectivity index (χ4v) is 5.64. The van der Waals surface area contributed by atoms with E-state index in [0.29, 0.717) is 0 Å². The lowest BCUT2D eigenvalue weighted by atomic mass is 9.52. The molecule has 19 heteroatoms. The number of hydrogen-bond acceptors (Lipinski definition) is 0. The Morgan fingerprint density at radius 1 is 0.283 bits per heavy atom. The van der Waals surface area contributed by atoms with Crippen molar-refractivity contribution in [3.05, 3.63) is 110 Å². The standard InChI is InChI=1S/C27HBF18/c29-10-3-4(11(30)6-5(10)15(34)23(42)24(43)16(6)35)14(33)20(39)19(38)9(3)28-27(46)7-1(12(31)21(40)25(44)17(7)36)2-8(27)18(37)26(45)22(41)13(2)32/h28H. The van der Waals surface area contributed by atoms with Crippen molar-refractivity contribution >= 4 is 34.3 Å². The fourth-order valence-electron chi connectivity index (χ4n) is 5.64. The highest BCUT2D eigenvalue weighted by Gasteiger charge is 2.55. The van der Waals surface area contributed by atoms with Crippen LogP contribution in [0.5, 0.6) is 0 Å². The predicted octanol–water partition coefficient (Wildman–Crippen LogP) is 8.27. The Morgan fingerprint density at radius 3 is 0.957 bits per heavy atom. The van der Waals surface area contributed by atoms with Crippen molar-refractivity contribution in [1.82, 2.24) is 0 Å². The van der Waals surface area contributed by atoms with E-state index in [1.54, 1.807) is 0 Å². The summed E-state index contributed by atoms with van der Waals surface area (Å²) in [5, 5.41) is -9.08. The second-order valence-electron chi connectivity index (χ2n) is 9.79. The Hall–Kier alpha value is -4.58. The topological polar surface area (TPSA) is 0 Å². The largest absolute Gasteiger partial charge is 0.243 e. The number of halogens is 18. The lowest BCUT2D eigenvalue weighted by Crippen LogP contribution is -2.40. The maximum absolute atomic E-state index is 17.0. The quantitative estimate of drug-likeness (QED) is 0.0580. The van der Waals surface area contributed by atoms with Crippen molar-refractivity contribution in [3.63, 3.8) is 0 Å². The normalized spacial score (nSPS) is 13.6. The van der Waals surface area contributed by atoms with Crippen LogP contribution in [0.25, 0.3) is 32.7 Å². The molecule has 1 aliphatic rings. The summed E-state index contributed by atoms with van der Waals surface area (Å²) in [6.07, 6.45) is 0. The van der Waals surface area contributed by atoms with E-state index in [-0.39, 0.29) is 0 Å². The molecule has 0 spiro atoms. The third kappa shape index (κ3) is 3.53. The van der Waals surface area contributed by atoms with E-state index >= 15 is 26.3 Å². The number of alkyl halides is 1. The van der Waals surface area contributed by atoms with Crippen molar-refractivity contribution in [2.75, 3.05) is 0 Å². The SMILES string of the molecule is Fc1c(F)c(F)c2c(c1F)-c1c(F)c(F)c(F)c(F)c1C2(F)Bc1c(F)c(F)c(F)c2c(F)c3c(F)c(F)c(F)c(F)c3c(F)c12. The van der Waals surface area contributed by atoms with Gasteiger partial charge in [0, 0.05) is 27.6 Å². The van der Waals surface area contributed by atoms with Crippen LogP contribution in [0, 0.1) is 98.9 Å². The average Bonchev–Trinajstić information content (AvgIpc) is 3.29. The summed E-state index contributed by atoms with van der Waals surface area (Å²) in [6.45, 7) is 0. The first kappa shape index (κ1) is 31.4. The lowest BCUT2D eigenvalue weighted by Gasteiger charge is -2.25. The highest BCUT2D eigenvalue weighted by Crippen LogP contribution is 2.55. The molecule has 0 amide bonds. The number of rotatable bonds is 2. The Morgan fingerprint density at radius 2 is 0.565 bits per heavy atom. The van der Waals surface area contributed by atoms with E-state index in [2.05, 4.69) is 0 Å². The molecule has 0 heterocycles. The first-order valence-corrected chi connectivity index (χ1v) is 11.9. The molecule has 46 heavy (non-hydrogen) atoms. The molecule has 0 atom stereocenters. The van der Waals surface area contributed by atoms with Gasteiger partial charge in [-0.15, -0.1) is 0 Å². The molecule has 5 aromatic carbocycles. The van der Waals surface area contributed by atoms with E-state index in [0.717, 1.165) is 0 Å². The second kappa shape index (κ2) is 9.71. The molecule has 238 valence electrons. The maximum atomic E-state index is 17.0. The van der Waals surface area contributed by atoms with Crippen molar-refractivity contribution in [3.8, 4) is 11.1 Å². The van der Waals surface area contributed by atoms with Gasteiger partial charge >= 0.3 is 0 Å². The second-order valence-corrected chi connectivity index (χ2v) is 9.79. The molecule has 0 radical (unpaired) electrons. The maximum Gasteiger partial charge on any atom is 0.220 e. The van der Waals surface area contributed by atoms with Gasteiger partial charge in [0.2, 0.25) is 7.28 Å². The Bertz CT molecular complexity index is 2210. The molecule has 0 aromatic heterocycles. The molecule has 0 bridgehead atoms. The van der Waals surface area contributed by atoms with Gasteiger partial charge in [-0.1, -0.05) is 0 Å². The van der Waals surface area contributed by atoms with E-state index in [4.69, 9.17) is 0 Å². The minimum atomic E-state index is -4.81. The smallest absolute Gasteiger partial charge is 0.220 e. The van der Waals surface area contributed by atoms with Gasteiger partial charge in [0.15, 0.2) is 87.3 Å². The molecule has 0 aliphatic heterocycles. The van der Waals surface area contributed by atoms with Gasteiger partial charge in [0.1, 0.15) is 17.2 Å². The van der Waals surface area contributed by atoms with Crippen molar-refractivity contribution in [2.24, 2.45) is 0 Å². The monoisotopic (exact) mass is 678 g/mol. The van der Waals surface area contributed by atoms with Gasteiger partial charge in [-0.3, -0.25) is 0 Å². The lowest BCUT2D eigenvalue weighted by molar-refractivity contribution is 0.306. The third-order valence-electron chi connectivity index (χ3n) is 7.56. The van der Waals surface area contributed by atoms with Gasteiger partial charge in [-0.05, 0) is 5.46 Å². The zero-order valence-corrected chi connectivity index (χ0v) is 21.0. The Labute approximate surface area is 240 Å². The first-order valence-electron chi connectivity index (χ1n) is 11.9. The number of fused-ring (bicyclic) bond motifs is 5. The zero-order chi connectivity index (χ0) is 34.2. The van der Waals surface area contributed by atoms with Gasteiger partial charge in [-0.2, -0.15) is 0 Å². The number of benzene rings is 5. The minimum Gasteiger partial charge on any atom is -0.243 e. The molecule has 0 saturated heterocycles. The van der Waals surface area contributed by atoms with Crippen LogP contribution in [-0.4, -0.2) is 7.28 Å². The summed E-state index contributed by atoms with van der Waals surface area (Å²) >= 11 is 0. The molecule has 0 nitrogen and oxygen atoms in total. The Kier molecular flexibility index (Phi) is 6.63. The molecule has 0 unspecified atom stereocenters. The summed E-state index contributed by atoms with van der Waals surface area (Å²) in [5.74, 6) is -48.3. The zero-order valence-electron chi connectivity index (χ0n) is 21.0. The van der Waals surface area contributed by atoms with E-state index in [9.17, 15) is 52.7 Å². The molecular weight excluding hydrogens is 677 g/mol. The van der Waals surface area contributed by atoms with Gasteiger partial charge in [-0.25, -0.2) is 79.0 Å². The van der Waals surface area contributed by atoms with Crippen molar-refractivity contribution in [2.45, 2.75) is 5.57 Å². The van der Waals surface area contributed by atoms with Crippen LogP contribution in [0.4, 0.5) is 79.0 Å². The average molecular weight is 678 g/mol. The molecule has 0 saturated carbocycles. The first-order chi connectivity index (χ1) is 21.3. The van der Waals surface area contributed by atoms with Crippen LogP contribution in [0.2, 0.25) is 0 Å². The number of hydrogen-bond donors (Lipinski definition) is 0. The summed E-state index contributed by atoms with van der Waals surface area (Å²) in [7, 11) is -2.63. The molecule has 6 rings (SSSR count). The van der Waals surface area contributed by atoms with E-state index < -0.39 is 161 Å². The van der Waals surface area contributed by atoms with E-state index in [1.807, 2.05) is 0 Å². The summed E-state index contributed by atoms with van der Waals surface area (Å²) in [5.41, 5.74) is -16.3. The van der Waals surface area contributed by atoms with Gasteiger partial charge in [0.05, 0.1) is 16.2 Å². The predicted molar refractivity (Wildman–Crippen MR) is 121 cm³/mol. The van der Waals surface area contributed by atoms with Gasteiger partial charge < -0.3 is 0 Å². The van der Waals surface area contributed by atoms with Crippen LogP contribution < -0.4 is 5.46 Å². The van der Waals surface area contributed by atoms with E-state index in [1.165, 1.54) is 0 Å². The van der Waals surface area contributed by atoms with Crippen molar-refractivity contribution < 1.29 is 79.0 Å². The van der Waals surface area contributed by atoms with Crippen LogP contribution in [-0.2, 0) is 5.57 Å². The Balaban J connectivity index is 1.84. The van der Waals surface area contributed by atoms with Crippen LogP contribution in [0.1, 0.15) is 11.1 Å².